The highest BCUT2D eigenvalue weighted by Crippen LogP contribution is 2.18. The maximum atomic E-state index is 12.2. The molecule has 0 unspecified atom stereocenters. The molecule has 0 bridgehead atoms. The topological polar surface area (TPSA) is 52.7 Å². The smallest absolute Gasteiger partial charge is 0.214 e. The van der Waals surface area contributed by atoms with Gasteiger partial charge in [0.05, 0.1) is 5.75 Å². The van der Waals surface area contributed by atoms with Gasteiger partial charge in [0.15, 0.2) is 0 Å². The van der Waals surface area contributed by atoms with Crippen LogP contribution < -0.4 is 5.32 Å². The molecule has 0 aliphatic carbocycles. The molecule has 117 valence electrons. The molecule has 0 spiro atoms. The third kappa shape index (κ3) is 4.98. The number of piperazine rings is 1. The molecular formula is C14H28N3O2S. The zero-order valence-electron chi connectivity index (χ0n) is 12.6. The average Bonchev–Trinajstić information content (AvgIpc) is 2.45. The summed E-state index contributed by atoms with van der Waals surface area (Å²) in [5, 5.41) is 3.35. The van der Waals surface area contributed by atoms with Crippen molar-refractivity contribution in [3.8, 4) is 0 Å². The van der Waals surface area contributed by atoms with Crippen molar-refractivity contribution in [2.45, 2.75) is 25.7 Å². The molecule has 5 nitrogen and oxygen atoms in total. The van der Waals surface area contributed by atoms with E-state index in [2.05, 4.69) is 16.6 Å². The largest absolute Gasteiger partial charge is 0.317 e. The van der Waals surface area contributed by atoms with Crippen LogP contribution in [0, 0.1) is 12.3 Å². The Balaban J connectivity index is 1.64. The zero-order valence-corrected chi connectivity index (χ0v) is 13.4. The first-order chi connectivity index (χ1) is 9.58. The molecule has 0 amide bonds. The molecule has 2 fully saturated rings. The summed E-state index contributed by atoms with van der Waals surface area (Å²) in [5.41, 5.74) is 0. The van der Waals surface area contributed by atoms with Crippen LogP contribution in [-0.2, 0) is 10.0 Å². The maximum absolute atomic E-state index is 12.2. The summed E-state index contributed by atoms with van der Waals surface area (Å²) in [5.74, 6) is 0.987. The number of nitrogens with zero attached hydrogens (tertiary/aromatic N) is 2. The maximum Gasteiger partial charge on any atom is 0.214 e. The summed E-state index contributed by atoms with van der Waals surface area (Å²) in [7, 11) is -0.996. The number of unbranched alkanes of at least 4 members (excludes halogenated alkanes) is 1. The second-order valence-corrected chi connectivity index (χ2v) is 8.07. The van der Waals surface area contributed by atoms with Crippen molar-refractivity contribution in [2.75, 3.05) is 52.1 Å². The van der Waals surface area contributed by atoms with Gasteiger partial charge in [-0.3, -0.25) is 0 Å². The number of hydrogen-bond acceptors (Lipinski definition) is 4. The number of sulfonamides is 1. The van der Waals surface area contributed by atoms with Gasteiger partial charge in [0.2, 0.25) is 10.0 Å². The van der Waals surface area contributed by atoms with E-state index in [0.29, 0.717) is 24.8 Å². The summed E-state index contributed by atoms with van der Waals surface area (Å²) in [6.45, 7) is 5.19. The van der Waals surface area contributed by atoms with Crippen molar-refractivity contribution in [1.82, 2.24) is 14.5 Å². The van der Waals surface area contributed by atoms with E-state index >= 15 is 0 Å². The lowest BCUT2D eigenvalue weighted by Gasteiger charge is -2.31. The molecular weight excluding hydrogens is 274 g/mol. The summed E-state index contributed by atoms with van der Waals surface area (Å²) in [6, 6.07) is 0. The van der Waals surface area contributed by atoms with E-state index in [-0.39, 0.29) is 0 Å². The first kappa shape index (κ1) is 16.2. The van der Waals surface area contributed by atoms with Gasteiger partial charge < -0.3 is 10.2 Å². The minimum Gasteiger partial charge on any atom is -0.317 e. The normalized spacial score (nSPS) is 24.1. The van der Waals surface area contributed by atoms with E-state index in [4.69, 9.17) is 0 Å². The molecule has 2 rings (SSSR count). The molecule has 2 aliphatic rings. The van der Waals surface area contributed by atoms with Crippen molar-refractivity contribution in [1.29, 1.82) is 0 Å². The fourth-order valence-corrected chi connectivity index (χ4v) is 4.40. The minimum absolute atomic E-state index is 0.304. The molecule has 2 saturated heterocycles. The predicted octanol–water partition coefficient (Wildman–Crippen LogP) is 0.548. The molecule has 6 heteroatoms. The Labute approximate surface area is 123 Å². The number of piperidine rings is 1. The van der Waals surface area contributed by atoms with Crippen LogP contribution in [0.4, 0.5) is 0 Å². The Morgan fingerprint density at radius 1 is 1.15 bits per heavy atom. The lowest BCUT2D eigenvalue weighted by molar-refractivity contribution is 0.222. The molecule has 2 heterocycles. The van der Waals surface area contributed by atoms with Crippen LogP contribution in [-0.4, -0.2) is 69.7 Å². The second-order valence-electron chi connectivity index (χ2n) is 5.98. The summed E-state index contributed by atoms with van der Waals surface area (Å²) in [4.78, 5) is 2.18. The average molecular weight is 302 g/mol. The third-order valence-corrected chi connectivity index (χ3v) is 6.30. The van der Waals surface area contributed by atoms with Crippen LogP contribution in [0.1, 0.15) is 25.7 Å². The number of hydrogen-bond donors (Lipinski definition) is 1. The molecule has 20 heavy (non-hydrogen) atoms. The van der Waals surface area contributed by atoms with Gasteiger partial charge in [-0.1, -0.05) is 0 Å². The van der Waals surface area contributed by atoms with E-state index in [9.17, 15) is 8.42 Å². The summed E-state index contributed by atoms with van der Waals surface area (Å²) < 4.78 is 26.1. The first-order valence-corrected chi connectivity index (χ1v) is 9.39. The van der Waals surface area contributed by atoms with Crippen LogP contribution in [0.5, 0.6) is 0 Å². The van der Waals surface area contributed by atoms with E-state index in [1.807, 2.05) is 7.05 Å². The molecule has 0 saturated carbocycles. The van der Waals surface area contributed by atoms with Gasteiger partial charge in [0.1, 0.15) is 0 Å². The van der Waals surface area contributed by atoms with Crippen LogP contribution in [0.3, 0.4) is 0 Å². The highest BCUT2D eigenvalue weighted by Gasteiger charge is 2.25. The fourth-order valence-electron chi connectivity index (χ4n) is 2.89. The predicted molar refractivity (Wildman–Crippen MR) is 82.0 cm³/mol. The highest BCUT2D eigenvalue weighted by molar-refractivity contribution is 7.89. The number of rotatable bonds is 6. The number of nitrogens with one attached hydrogen (secondary N) is 1. The van der Waals surface area contributed by atoms with E-state index in [0.717, 1.165) is 39.0 Å². The lowest BCUT2D eigenvalue weighted by Crippen LogP contribution is -2.47. The Kier molecular flexibility index (Phi) is 6.26. The van der Waals surface area contributed by atoms with Gasteiger partial charge in [0.25, 0.3) is 0 Å². The van der Waals surface area contributed by atoms with Crippen molar-refractivity contribution in [3.05, 3.63) is 6.42 Å². The van der Waals surface area contributed by atoms with Crippen LogP contribution in [0.15, 0.2) is 0 Å². The van der Waals surface area contributed by atoms with Gasteiger partial charge >= 0.3 is 0 Å². The SMILES string of the molecule is CN1CCN(S(=O)(=O)CCC[CH]C2CCNCC2)CC1. The summed E-state index contributed by atoms with van der Waals surface area (Å²) in [6.07, 6.45) is 6.42. The van der Waals surface area contributed by atoms with Crippen LogP contribution in [0.25, 0.3) is 0 Å². The number of likely N-dealkylation sites (N-methyl/N-ethyl adjacent to an activating group) is 1. The lowest BCUT2D eigenvalue weighted by atomic mass is 9.93. The third-order valence-electron chi connectivity index (χ3n) is 4.35. The van der Waals surface area contributed by atoms with E-state index in [1.165, 1.54) is 12.8 Å². The van der Waals surface area contributed by atoms with Crippen molar-refractivity contribution < 1.29 is 8.42 Å². The Hall–Kier alpha value is -0.170. The van der Waals surface area contributed by atoms with Gasteiger partial charge in [-0.15, -0.1) is 0 Å². The molecule has 0 aromatic rings. The summed E-state index contributed by atoms with van der Waals surface area (Å²) >= 11 is 0. The fraction of sp³-hybridized carbons (Fsp3) is 0.929. The van der Waals surface area contributed by atoms with Crippen LogP contribution >= 0.6 is 0 Å². The van der Waals surface area contributed by atoms with Gasteiger partial charge in [-0.05, 0) is 58.2 Å². The molecule has 0 aromatic heterocycles. The first-order valence-electron chi connectivity index (χ1n) is 7.78. The molecule has 0 atom stereocenters. The Morgan fingerprint density at radius 3 is 2.45 bits per heavy atom. The second kappa shape index (κ2) is 7.73. The molecule has 1 radical (unpaired) electrons. The van der Waals surface area contributed by atoms with Crippen molar-refractivity contribution in [2.24, 2.45) is 5.92 Å². The van der Waals surface area contributed by atoms with Gasteiger partial charge in [-0.2, -0.15) is 4.31 Å². The minimum atomic E-state index is -3.04. The van der Waals surface area contributed by atoms with Crippen molar-refractivity contribution in [3.63, 3.8) is 0 Å². The Morgan fingerprint density at radius 2 is 1.80 bits per heavy atom. The van der Waals surface area contributed by atoms with Crippen LogP contribution in [0.2, 0.25) is 0 Å². The van der Waals surface area contributed by atoms with E-state index in [1.54, 1.807) is 4.31 Å². The molecule has 2 aliphatic heterocycles. The molecule has 0 aromatic carbocycles. The zero-order chi connectivity index (χ0) is 14.4. The quantitative estimate of drug-likeness (QED) is 0.728. The van der Waals surface area contributed by atoms with Crippen molar-refractivity contribution >= 4 is 10.0 Å². The standard InChI is InChI=1S/C14H28N3O2S/c1-16-9-11-17(12-10-16)20(18,19)13-3-2-4-14-5-7-15-8-6-14/h4,14-15H,2-3,5-13H2,1H3. The van der Waals surface area contributed by atoms with Gasteiger partial charge in [-0.25, -0.2) is 8.42 Å². The van der Waals surface area contributed by atoms with Gasteiger partial charge in [0, 0.05) is 26.2 Å². The van der Waals surface area contributed by atoms with E-state index < -0.39 is 10.0 Å². The molecule has 1 N–H and O–H groups in total. The monoisotopic (exact) mass is 302 g/mol. The Bertz CT molecular complexity index is 372. The highest BCUT2D eigenvalue weighted by atomic mass is 32.2.